The molecule has 0 radical (unpaired) electrons. The van der Waals surface area contributed by atoms with Gasteiger partial charge in [0.25, 0.3) is 0 Å². The van der Waals surface area contributed by atoms with Crippen molar-refractivity contribution in [2.24, 2.45) is 0 Å². The molecule has 1 saturated heterocycles. The molecule has 0 amide bonds. The van der Waals surface area contributed by atoms with Crippen molar-refractivity contribution in [3.8, 4) is 0 Å². The Morgan fingerprint density at radius 2 is 2.18 bits per heavy atom. The summed E-state index contributed by atoms with van der Waals surface area (Å²) in [6, 6.07) is 2.09. The van der Waals surface area contributed by atoms with E-state index in [-0.39, 0.29) is 0 Å². The fourth-order valence-corrected chi connectivity index (χ4v) is 3.01. The highest BCUT2D eigenvalue weighted by Gasteiger charge is 2.39. The Labute approximate surface area is 104 Å². The molecule has 2 N–H and O–H groups in total. The zero-order chi connectivity index (χ0) is 12.5. The number of hydrogen-bond donors (Lipinski definition) is 2. The van der Waals surface area contributed by atoms with Crippen LogP contribution in [0.5, 0.6) is 0 Å². The Morgan fingerprint density at radius 1 is 1.53 bits per heavy atom. The van der Waals surface area contributed by atoms with Crippen molar-refractivity contribution in [1.82, 2.24) is 4.90 Å². The maximum atomic E-state index is 10.9. The molecule has 2 rings (SSSR count). The molecule has 0 unspecified atom stereocenters. The maximum absolute atomic E-state index is 10.9. The zero-order valence-electron chi connectivity index (χ0n) is 9.85. The minimum atomic E-state index is -1.51. The number of thiophene rings is 1. The van der Waals surface area contributed by atoms with E-state index in [9.17, 15) is 9.90 Å². The summed E-state index contributed by atoms with van der Waals surface area (Å²) in [4.78, 5) is 14.4. The van der Waals surface area contributed by atoms with Gasteiger partial charge in [0.2, 0.25) is 0 Å². The van der Waals surface area contributed by atoms with E-state index in [2.05, 4.69) is 23.3 Å². The summed E-state index contributed by atoms with van der Waals surface area (Å²) in [5.74, 6) is -1.09. The lowest BCUT2D eigenvalue weighted by atomic mass is 9.91. The average molecular weight is 255 g/mol. The van der Waals surface area contributed by atoms with Gasteiger partial charge >= 0.3 is 5.97 Å². The van der Waals surface area contributed by atoms with Gasteiger partial charge < -0.3 is 10.2 Å². The summed E-state index contributed by atoms with van der Waals surface area (Å²) >= 11 is 1.73. The minimum absolute atomic E-state index is 0.312. The van der Waals surface area contributed by atoms with Crippen LogP contribution in [-0.4, -0.2) is 39.8 Å². The first kappa shape index (κ1) is 12.5. The molecule has 0 saturated carbocycles. The Kier molecular flexibility index (Phi) is 3.51. The van der Waals surface area contributed by atoms with Crippen molar-refractivity contribution in [2.75, 3.05) is 13.1 Å². The Bertz CT molecular complexity index is 408. The zero-order valence-corrected chi connectivity index (χ0v) is 10.7. The normalized spacial score (nSPS) is 20.4. The Balaban J connectivity index is 1.92. The van der Waals surface area contributed by atoms with Gasteiger partial charge in [0.1, 0.15) is 0 Å². The van der Waals surface area contributed by atoms with Crippen molar-refractivity contribution in [1.29, 1.82) is 0 Å². The van der Waals surface area contributed by atoms with Gasteiger partial charge in [-0.15, -0.1) is 11.3 Å². The fraction of sp³-hybridized carbons (Fsp3) is 0.583. The van der Waals surface area contributed by atoms with E-state index in [4.69, 9.17) is 5.11 Å². The van der Waals surface area contributed by atoms with E-state index in [0.717, 1.165) is 6.54 Å². The molecular weight excluding hydrogens is 238 g/mol. The van der Waals surface area contributed by atoms with Crippen LogP contribution < -0.4 is 0 Å². The number of aliphatic carboxylic acids is 1. The van der Waals surface area contributed by atoms with E-state index >= 15 is 0 Å². The van der Waals surface area contributed by atoms with Gasteiger partial charge in [-0.25, -0.2) is 4.79 Å². The van der Waals surface area contributed by atoms with Gasteiger partial charge in [-0.05, 0) is 36.8 Å². The lowest BCUT2D eigenvalue weighted by molar-refractivity contribution is -0.163. The van der Waals surface area contributed by atoms with Crippen LogP contribution in [0.25, 0.3) is 0 Å². The largest absolute Gasteiger partial charge is 0.479 e. The van der Waals surface area contributed by atoms with Crippen LogP contribution in [0.4, 0.5) is 0 Å². The third-order valence-corrected chi connectivity index (χ3v) is 4.42. The third-order valence-electron chi connectivity index (χ3n) is 3.42. The molecule has 1 aliphatic rings. The predicted molar refractivity (Wildman–Crippen MR) is 66.2 cm³/mol. The average Bonchev–Trinajstić information content (AvgIpc) is 2.68. The smallest absolute Gasteiger partial charge is 0.335 e. The predicted octanol–water partition coefficient (Wildman–Crippen LogP) is 1.47. The number of rotatable bonds is 3. The molecule has 1 aliphatic heterocycles. The highest BCUT2D eigenvalue weighted by atomic mass is 32.1. The summed E-state index contributed by atoms with van der Waals surface area (Å²) in [6.45, 7) is 4.23. The topological polar surface area (TPSA) is 60.8 Å². The molecule has 4 nitrogen and oxygen atoms in total. The molecule has 0 aromatic carbocycles. The van der Waals surface area contributed by atoms with Gasteiger partial charge in [-0.2, -0.15) is 0 Å². The molecule has 0 aliphatic carbocycles. The number of carbonyl (C=O) groups is 1. The van der Waals surface area contributed by atoms with Crippen LogP contribution in [0.3, 0.4) is 0 Å². The summed E-state index contributed by atoms with van der Waals surface area (Å²) in [7, 11) is 0. The van der Waals surface area contributed by atoms with Gasteiger partial charge in [-0.3, -0.25) is 4.90 Å². The van der Waals surface area contributed by atoms with Crippen molar-refractivity contribution in [2.45, 2.75) is 31.9 Å². The van der Waals surface area contributed by atoms with Gasteiger partial charge in [-0.1, -0.05) is 0 Å². The Morgan fingerprint density at radius 3 is 2.65 bits per heavy atom. The summed E-state index contributed by atoms with van der Waals surface area (Å²) < 4.78 is 0. The standard InChI is InChI=1S/C12H17NO3S/c1-9-2-7-17-10(9)8-13-5-3-12(16,4-6-13)11(14)15/h2,7,16H,3-6,8H2,1H3,(H,14,15). The van der Waals surface area contributed by atoms with Crippen LogP contribution in [0.1, 0.15) is 23.3 Å². The number of aryl methyl sites for hydroxylation is 1. The van der Waals surface area contributed by atoms with Gasteiger partial charge in [0, 0.05) is 24.5 Å². The maximum Gasteiger partial charge on any atom is 0.335 e. The van der Waals surface area contributed by atoms with Crippen molar-refractivity contribution >= 4 is 17.3 Å². The monoisotopic (exact) mass is 255 g/mol. The number of likely N-dealkylation sites (tertiary alicyclic amines) is 1. The highest BCUT2D eigenvalue weighted by Crippen LogP contribution is 2.25. The molecule has 0 bridgehead atoms. The van der Waals surface area contributed by atoms with Gasteiger partial charge in [0.05, 0.1) is 0 Å². The third kappa shape index (κ3) is 2.68. The molecule has 94 valence electrons. The first-order valence-electron chi connectivity index (χ1n) is 5.72. The number of carboxylic acid groups (broad SMARTS) is 1. The summed E-state index contributed by atoms with van der Waals surface area (Å²) in [5, 5.41) is 20.8. The molecule has 2 heterocycles. The molecule has 1 aromatic rings. The number of hydrogen-bond acceptors (Lipinski definition) is 4. The fourth-order valence-electron chi connectivity index (χ4n) is 2.06. The van der Waals surface area contributed by atoms with Crippen LogP contribution in [0.2, 0.25) is 0 Å². The number of nitrogens with zero attached hydrogens (tertiary/aromatic N) is 1. The van der Waals surface area contributed by atoms with E-state index in [1.807, 2.05) is 0 Å². The molecule has 1 fully saturated rings. The van der Waals surface area contributed by atoms with Crippen molar-refractivity contribution in [3.63, 3.8) is 0 Å². The molecule has 0 spiro atoms. The van der Waals surface area contributed by atoms with Crippen molar-refractivity contribution < 1.29 is 15.0 Å². The van der Waals surface area contributed by atoms with E-state index in [1.54, 1.807) is 11.3 Å². The molecule has 0 atom stereocenters. The second-order valence-electron chi connectivity index (χ2n) is 4.64. The first-order valence-corrected chi connectivity index (χ1v) is 6.60. The van der Waals surface area contributed by atoms with Crippen LogP contribution in [-0.2, 0) is 11.3 Å². The van der Waals surface area contributed by atoms with Crippen LogP contribution >= 0.6 is 11.3 Å². The molecule has 1 aromatic heterocycles. The molecular formula is C12H17NO3S. The van der Waals surface area contributed by atoms with E-state index in [1.165, 1.54) is 10.4 Å². The first-order chi connectivity index (χ1) is 8.01. The molecule has 17 heavy (non-hydrogen) atoms. The summed E-state index contributed by atoms with van der Waals surface area (Å²) in [6.07, 6.45) is 0.625. The van der Waals surface area contributed by atoms with E-state index < -0.39 is 11.6 Å². The quantitative estimate of drug-likeness (QED) is 0.858. The highest BCUT2D eigenvalue weighted by molar-refractivity contribution is 7.10. The minimum Gasteiger partial charge on any atom is -0.479 e. The number of carboxylic acids is 1. The second-order valence-corrected chi connectivity index (χ2v) is 5.64. The van der Waals surface area contributed by atoms with E-state index in [0.29, 0.717) is 25.9 Å². The summed E-state index contributed by atoms with van der Waals surface area (Å²) in [5.41, 5.74) is -0.227. The number of piperidine rings is 1. The van der Waals surface area contributed by atoms with Crippen molar-refractivity contribution in [3.05, 3.63) is 21.9 Å². The lowest BCUT2D eigenvalue weighted by Crippen LogP contribution is -2.49. The lowest BCUT2D eigenvalue weighted by Gasteiger charge is -2.35. The number of aliphatic hydroxyl groups is 1. The SMILES string of the molecule is Cc1ccsc1CN1CCC(O)(C(=O)O)CC1. The molecule has 5 heteroatoms. The van der Waals surface area contributed by atoms with Crippen LogP contribution in [0.15, 0.2) is 11.4 Å². The Hall–Kier alpha value is -0.910. The second kappa shape index (κ2) is 4.76. The van der Waals surface area contributed by atoms with Gasteiger partial charge in [0.15, 0.2) is 5.60 Å². The van der Waals surface area contributed by atoms with Crippen LogP contribution in [0, 0.1) is 6.92 Å².